The summed E-state index contributed by atoms with van der Waals surface area (Å²) in [5, 5.41) is 2.90. The first-order valence-electron chi connectivity index (χ1n) is 10.6. The predicted molar refractivity (Wildman–Crippen MR) is 120 cm³/mol. The van der Waals surface area contributed by atoms with E-state index in [0.717, 1.165) is 25.9 Å². The molecule has 2 aromatic rings. The maximum absolute atomic E-state index is 12.5. The van der Waals surface area contributed by atoms with Gasteiger partial charge >= 0.3 is 5.97 Å². The Balaban J connectivity index is 1.51. The van der Waals surface area contributed by atoms with Crippen LogP contribution in [0.4, 0.5) is 5.69 Å². The standard InChI is InChI=1S/C23H31N3O6/c1-29-19-14-16(15-20(30-2)22(19)31-3)24-21(27)9-13-25-11-7-17(8-12-25)26-10-5-6-18(26)23(28)32-4/h5-6,10,14-15,17H,7-9,11-13H2,1-4H3,(H,24,27). The average molecular weight is 446 g/mol. The van der Waals surface area contributed by atoms with Crippen LogP contribution in [0.1, 0.15) is 35.8 Å². The van der Waals surface area contributed by atoms with Crippen LogP contribution >= 0.6 is 0 Å². The first kappa shape index (κ1) is 23.5. The van der Waals surface area contributed by atoms with Crippen molar-refractivity contribution in [3.8, 4) is 17.2 Å². The number of amides is 1. The fourth-order valence-corrected chi connectivity index (χ4v) is 4.05. The maximum atomic E-state index is 12.5. The van der Waals surface area contributed by atoms with Crippen molar-refractivity contribution in [3.05, 3.63) is 36.2 Å². The molecule has 0 radical (unpaired) electrons. The average Bonchev–Trinajstić information content (AvgIpc) is 3.31. The summed E-state index contributed by atoms with van der Waals surface area (Å²) in [5.41, 5.74) is 1.17. The molecule has 0 aliphatic carbocycles. The van der Waals surface area contributed by atoms with Gasteiger partial charge in [-0.05, 0) is 25.0 Å². The summed E-state index contributed by atoms with van der Waals surface area (Å²) in [6.45, 7) is 2.39. The fraction of sp³-hybridized carbons (Fsp3) is 0.478. The Labute approximate surface area is 188 Å². The lowest BCUT2D eigenvalue weighted by Crippen LogP contribution is -2.37. The van der Waals surface area contributed by atoms with Gasteiger partial charge < -0.3 is 33.7 Å². The lowest BCUT2D eigenvalue weighted by atomic mass is 10.0. The molecule has 32 heavy (non-hydrogen) atoms. The Morgan fingerprint density at radius 2 is 1.69 bits per heavy atom. The van der Waals surface area contributed by atoms with Crippen LogP contribution in [-0.2, 0) is 9.53 Å². The van der Waals surface area contributed by atoms with E-state index in [2.05, 4.69) is 10.2 Å². The van der Waals surface area contributed by atoms with E-state index in [9.17, 15) is 9.59 Å². The van der Waals surface area contributed by atoms with Crippen LogP contribution < -0.4 is 19.5 Å². The van der Waals surface area contributed by atoms with Crippen LogP contribution in [-0.4, -0.2) is 69.4 Å². The highest BCUT2D eigenvalue weighted by Crippen LogP contribution is 2.40. The molecule has 1 aromatic carbocycles. The van der Waals surface area contributed by atoms with Gasteiger partial charge in [0.05, 0.1) is 28.4 Å². The van der Waals surface area contributed by atoms with E-state index in [4.69, 9.17) is 18.9 Å². The van der Waals surface area contributed by atoms with Crippen LogP contribution in [0.15, 0.2) is 30.5 Å². The third kappa shape index (κ3) is 5.34. The van der Waals surface area contributed by atoms with Crippen molar-refractivity contribution in [2.24, 2.45) is 0 Å². The number of nitrogens with zero attached hydrogens (tertiary/aromatic N) is 2. The van der Waals surface area contributed by atoms with Crippen molar-refractivity contribution in [1.82, 2.24) is 9.47 Å². The number of likely N-dealkylation sites (tertiary alicyclic amines) is 1. The molecule has 1 N–H and O–H groups in total. The Bertz CT molecular complexity index is 909. The van der Waals surface area contributed by atoms with Gasteiger partial charge in [-0.25, -0.2) is 4.79 Å². The second-order valence-corrected chi connectivity index (χ2v) is 7.58. The van der Waals surface area contributed by atoms with Crippen molar-refractivity contribution in [2.45, 2.75) is 25.3 Å². The van der Waals surface area contributed by atoms with E-state index >= 15 is 0 Å². The van der Waals surface area contributed by atoms with E-state index in [0.29, 0.717) is 41.6 Å². The van der Waals surface area contributed by atoms with Gasteiger partial charge in [-0.15, -0.1) is 0 Å². The van der Waals surface area contributed by atoms with E-state index in [1.54, 1.807) is 18.2 Å². The van der Waals surface area contributed by atoms with Gasteiger partial charge in [-0.2, -0.15) is 0 Å². The minimum Gasteiger partial charge on any atom is -0.493 e. The number of benzene rings is 1. The normalized spacial score (nSPS) is 14.6. The molecule has 0 unspecified atom stereocenters. The third-order valence-corrected chi connectivity index (χ3v) is 5.73. The van der Waals surface area contributed by atoms with E-state index in [1.807, 2.05) is 16.8 Å². The highest BCUT2D eigenvalue weighted by molar-refractivity contribution is 5.91. The highest BCUT2D eigenvalue weighted by Gasteiger charge is 2.24. The Hall–Kier alpha value is -3.20. The summed E-state index contributed by atoms with van der Waals surface area (Å²) >= 11 is 0. The fourth-order valence-electron chi connectivity index (χ4n) is 4.05. The van der Waals surface area contributed by atoms with Gasteiger partial charge in [-0.3, -0.25) is 4.79 Å². The summed E-state index contributed by atoms with van der Waals surface area (Å²) in [4.78, 5) is 26.7. The number of hydrogen-bond donors (Lipinski definition) is 1. The van der Waals surface area contributed by atoms with Crippen molar-refractivity contribution in [1.29, 1.82) is 0 Å². The second kappa shape index (κ2) is 10.9. The summed E-state index contributed by atoms with van der Waals surface area (Å²) < 4.78 is 22.8. The topological polar surface area (TPSA) is 91.3 Å². The molecular weight excluding hydrogens is 414 g/mol. The van der Waals surface area contributed by atoms with Gasteiger partial charge in [0.2, 0.25) is 11.7 Å². The minimum atomic E-state index is -0.319. The molecule has 3 rings (SSSR count). The van der Waals surface area contributed by atoms with Crippen LogP contribution in [0.5, 0.6) is 17.2 Å². The molecule has 0 spiro atoms. The van der Waals surface area contributed by atoms with Gasteiger partial charge in [0, 0.05) is 56.1 Å². The minimum absolute atomic E-state index is 0.0835. The number of esters is 1. The number of piperidine rings is 1. The summed E-state index contributed by atoms with van der Waals surface area (Å²) in [6.07, 6.45) is 4.12. The molecule has 9 heteroatoms. The zero-order valence-corrected chi connectivity index (χ0v) is 19.1. The van der Waals surface area contributed by atoms with Gasteiger partial charge in [-0.1, -0.05) is 0 Å². The van der Waals surface area contributed by atoms with Crippen LogP contribution in [0.25, 0.3) is 0 Å². The van der Waals surface area contributed by atoms with Crippen molar-refractivity contribution in [3.63, 3.8) is 0 Å². The predicted octanol–water partition coefficient (Wildman–Crippen LogP) is 2.97. The number of nitrogens with one attached hydrogen (secondary N) is 1. The quantitative estimate of drug-likeness (QED) is 0.594. The number of methoxy groups -OCH3 is 4. The SMILES string of the molecule is COC(=O)c1cccn1C1CCN(CCC(=O)Nc2cc(OC)c(OC)c(OC)c2)CC1. The molecule has 1 fully saturated rings. The number of carbonyl (C=O) groups excluding carboxylic acids is 2. The largest absolute Gasteiger partial charge is 0.493 e. The molecule has 0 atom stereocenters. The van der Waals surface area contributed by atoms with E-state index in [1.165, 1.54) is 28.4 Å². The monoisotopic (exact) mass is 445 g/mol. The summed E-state index contributed by atoms with van der Waals surface area (Å²) in [6, 6.07) is 7.32. The van der Waals surface area contributed by atoms with Gasteiger partial charge in [0.15, 0.2) is 11.5 Å². The number of carbonyl (C=O) groups is 2. The second-order valence-electron chi connectivity index (χ2n) is 7.58. The van der Waals surface area contributed by atoms with Crippen LogP contribution in [0.2, 0.25) is 0 Å². The molecule has 1 amide bonds. The molecule has 1 aliphatic rings. The van der Waals surface area contributed by atoms with Crippen molar-refractivity contribution < 1.29 is 28.5 Å². The number of hydrogen-bond acceptors (Lipinski definition) is 7. The first-order valence-corrected chi connectivity index (χ1v) is 10.6. The maximum Gasteiger partial charge on any atom is 0.354 e. The zero-order chi connectivity index (χ0) is 23.1. The number of aromatic nitrogens is 1. The molecule has 9 nitrogen and oxygen atoms in total. The van der Waals surface area contributed by atoms with Gasteiger partial charge in [0.1, 0.15) is 5.69 Å². The molecule has 0 bridgehead atoms. The van der Waals surface area contributed by atoms with Crippen LogP contribution in [0.3, 0.4) is 0 Å². The summed E-state index contributed by atoms with van der Waals surface area (Å²) in [7, 11) is 6.00. The highest BCUT2D eigenvalue weighted by atomic mass is 16.5. The lowest BCUT2D eigenvalue weighted by molar-refractivity contribution is -0.116. The molecule has 174 valence electrons. The number of rotatable bonds is 9. The van der Waals surface area contributed by atoms with E-state index < -0.39 is 0 Å². The number of anilines is 1. The summed E-state index contributed by atoms with van der Waals surface area (Å²) in [5.74, 6) is 1.05. The third-order valence-electron chi connectivity index (χ3n) is 5.73. The van der Waals surface area contributed by atoms with Crippen LogP contribution in [0, 0.1) is 0 Å². The molecule has 1 aromatic heterocycles. The smallest absolute Gasteiger partial charge is 0.354 e. The van der Waals surface area contributed by atoms with Crippen molar-refractivity contribution in [2.75, 3.05) is 53.4 Å². The Morgan fingerprint density at radius 1 is 1.03 bits per heavy atom. The molecule has 2 heterocycles. The van der Waals surface area contributed by atoms with Crippen molar-refractivity contribution >= 4 is 17.6 Å². The number of ether oxygens (including phenoxy) is 4. The van der Waals surface area contributed by atoms with Gasteiger partial charge in [0.25, 0.3) is 0 Å². The zero-order valence-electron chi connectivity index (χ0n) is 19.1. The molecular formula is C23H31N3O6. The molecule has 1 aliphatic heterocycles. The molecule has 1 saturated heterocycles. The lowest BCUT2D eigenvalue weighted by Gasteiger charge is -2.33. The van der Waals surface area contributed by atoms with E-state index in [-0.39, 0.29) is 17.9 Å². The Kier molecular flexibility index (Phi) is 7.99. The first-order chi connectivity index (χ1) is 15.5. The molecule has 0 saturated carbocycles. The Morgan fingerprint density at radius 3 is 2.25 bits per heavy atom.